The number of ether oxygens (including phenoxy) is 2. The van der Waals surface area contributed by atoms with Crippen molar-refractivity contribution < 1.29 is 19.2 Å². The first-order chi connectivity index (χ1) is 14.8. The topological polar surface area (TPSA) is 93.9 Å². The minimum atomic E-state index is -0.509. The average molecular weight is 423 g/mol. The van der Waals surface area contributed by atoms with E-state index in [1.165, 1.54) is 19.2 Å². The van der Waals surface area contributed by atoms with Gasteiger partial charge in [0.2, 0.25) is 5.91 Å². The lowest BCUT2D eigenvalue weighted by Crippen LogP contribution is -2.30. The Morgan fingerprint density at radius 3 is 2.45 bits per heavy atom. The van der Waals surface area contributed by atoms with Crippen molar-refractivity contribution in [3.63, 3.8) is 0 Å². The van der Waals surface area contributed by atoms with Crippen LogP contribution in [0.5, 0.6) is 11.5 Å². The summed E-state index contributed by atoms with van der Waals surface area (Å²) < 4.78 is 10.3. The van der Waals surface area contributed by atoms with Crippen molar-refractivity contribution in [2.45, 2.75) is 13.5 Å². The van der Waals surface area contributed by atoms with Crippen molar-refractivity contribution in [3.05, 3.63) is 69.8 Å². The molecule has 3 aromatic rings. The maximum absolute atomic E-state index is 12.5. The Bertz CT molecular complexity index is 1130. The number of hydrogen-bond donors (Lipinski definition) is 1. The van der Waals surface area contributed by atoms with E-state index in [1.807, 2.05) is 42.3 Å². The summed E-state index contributed by atoms with van der Waals surface area (Å²) in [5.41, 5.74) is 2.03. The van der Waals surface area contributed by atoms with Crippen LogP contribution in [0.15, 0.2) is 48.5 Å². The van der Waals surface area contributed by atoms with Crippen molar-refractivity contribution in [1.29, 1.82) is 0 Å². The highest BCUT2D eigenvalue weighted by Crippen LogP contribution is 2.32. The summed E-state index contributed by atoms with van der Waals surface area (Å²) in [5.74, 6) is 0.700. The van der Waals surface area contributed by atoms with E-state index in [1.54, 1.807) is 14.0 Å². The Balaban J connectivity index is 1.66. The van der Waals surface area contributed by atoms with E-state index in [-0.39, 0.29) is 23.9 Å². The Labute approximate surface area is 180 Å². The monoisotopic (exact) mass is 423 g/mol. The van der Waals surface area contributed by atoms with Crippen molar-refractivity contribution in [3.8, 4) is 11.5 Å². The van der Waals surface area contributed by atoms with E-state index in [2.05, 4.69) is 11.4 Å². The number of nitrogens with zero attached hydrogens (tertiary/aromatic N) is 2. The fourth-order valence-electron chi connectivity index (χ4n) is 3.41. The number of amides is 1. The molecule has 0 radical (unpaired) electrons. The normalized spacial score (nSPS) is 10.9. The zero-order valence-electron chi connectivity index (χ0n) is 18.0. The quantitative estimate of drug-likeness (QED) is 0.432. The van der Waals surface area contributed by atoms with Gasteiger partial charge in [0.15, 0.2) is 5.75 Å². The molecule has 3 aromatic carbocycles. The standard InChI is InChI=1S/C23H25N3O5/c1-15-9-21(26(28)29)22(31-4)12-20(15)24-23(27)14-25(2)13-16-5-6-18-11-19(30-3)8-7-17(18)10-16/h5-12H,13-14H2,1-4H3,(H,24,27). The molecule has 0 saturated heterocycles. The van der Waals surface area contributed by atoms with E-state index < -0.39 is 4.92 Å². The number of aryl methyl sites for hydroxylation is 1. The highest BCUT2D eigenvalue weighted by atomic mass is 16.6. The molecule has 0 saturated carbocycles. The molecule has 0 spiro atoms. The number of hydrogen-bond acceptors (Lipinski definition) is 6. The minimum absolute atomic E-state index is 0.104. The second kappa shape index (κ2) is 9.44. The third kappa shape index (κ3) is 5.29. The number of nitro groups is 1. The lowest BCUT2D eigenvalue weighted by molar-refractivity contribution is -0.385. The number of benzene rings is 3. The van der Waals surface area contributed by atoms with Gasteiger partial charge in [-0.25, -0.2) is 0 Å². The number of fused-ring (bicyclic) bond motifs is 1. The zero-order chi connectivity index (χ0) is 22.5. The summed E-state index contributed by atoms with van der Waals surface area (Å²) in [6, 6.07) is 14.9. The van der Waals surface area contributed by atoms with Gasteiger partial charge in [0.25, 0.3) is 0 Å². The second-order valence-corrected chi connectivity index (χ2v) is 7.36. The van der Waals surface area contributed by atoms with Gasteiger partial charge >= 0.3 is 5.69 Å². The Morgan fingerprint density at radius 2 is 1.77 bits per heavy atom. The van der Waals surface area contributed by atoms with E-state index >= 15 is 0 Å². The summed E-state index contributed by atoms with van der Waals surface area (Å²) in [6.07, 6.45) is 0. The van der Waals surface area contributed by atoms with Crippen LogP contribution in [0.3, 0.4) is 0 Å². The van der Waals surface area contributed by atoms with Gasteiger partial charge in [-0.2, -0.15) is 0 Å². The third-order valence-corrected chi connectivity index (χ3v) is 4.97. The molecule has 8 nitrogen and oxygen atoms in total. The maximum atomic E-state index is 12.5. The van der Waals surface area contributed by atoms with Gasteiger partial charge in [0.1, 0.15) is 5.75 Å². The van der Waals surface area contributed by atoms with Crippen LogP contribution in [0.2, 0.25) is 0 Å². The predicted molar refractivity (Wildman–Crippen MR) is 120 cm³/mol. The molecule has 3 rings (SSSR count). The molecule has 0 aliphatic heterocycles. The van der Waals surface area contributed by atoms with Crippen molar-refractivity contribution >= 4 is 28.1 Å². The molecule has 1 amide bonds. The predicted octanol–water partition coefficient (Wildman–Crippen LogP) is 4.14. The van der Waals surface area contributed by atoms with E-state index in [4.69, 9.17) is 9.47 Å². The van der Waals surface area contributed by atoms with E-state index in [9.17, 15) is 14.9 Å². The molecular weight excluding hydrogens is 398 g/mol. The summed E-state index contributed by atoms with van der Waals surface area (Å²) in [7, 11) is 4.86. The first-order valence-electron chi connectivity index (χ1n) is 9.69. The lowest BCUT2D eigenvalue weighted by atomic mass is 10.1. The van der Waals surface area contributed by atoms with Gasteiger partial charge in [-0.05, 0) is 54.1 Å². The largest absolute Gasteiger partial charge is 0.497 e. The van der Waals surface area contributed by atoms with Gasteiger partial charge < -0.3 is 14.8 Å². The van der Waals surface area contributed by atoms with Gasteiger partial charge in [0, 0.05) is 24.4 Å². The van der Waals surface area contributed by atoms with Crippen molar-refractivity contribution in [2.75, 3.05) is 33.1 Å². The SMILES string of the molecule is COc1ccc2cc(CN(C)CC(=O)Nc3cc(OC)c([N+](=O)[O-])cc3C)ccc2c1. The van der Waals surface area contributed by atoms with Gasteiger partial charge in [0.05, 0.1) is 25.7 Å². The number of methoxy groups -OCH3 is 2. The first-order valence-corrected chi connectivity index (χ1v) is 9.69. The molecule has 0 fully saturated rings. The molecule has 0 aromatic heterocycles. The molecule has 31 heavy (non-hydrogen) atoms. The molecule has 0 atom stereocenters. The summed E-state index contributed by atoms with van der Waals surface area (Å²) in [4.78, 5) is 25.0. The lowest BCUT2D eigenvalue weighted by Gasteiger charge is -2.18. The maximum Gasteiger partial charge on any atom is 0.311 e. The van der Waals surface area contributed by atoms with Crippen LogP contribution in [0.1, 0.15) is 11.1 Å². The third-order valence-electron chi connectivity index (χ3n) is 4.97. The first kappa shape index (κ1) is 22.0. The summed E-state index contributed by atoms with van der Waals surface area (Å²) >= 11 is 0. The highest BCUT2D eigenvalue weighted by Gasteiger charge is 2.18. The number of anilines is 1. The Kier molecular flexibility index (Phi) is 6.71. The molecule has 0 unspecified atom stereocenters. The van der Waals surface area contributed by atoms with Crippen molar-refractivity contribution in [2.24, 2.45) is 0 Å². The Morgan fingerprint density at radius 1 is 1.06 bits per heavy atom. The molecule has 0 heterocycles. The highest BCUT2D eigenvalue weighted by molar-refractivity contribution is 5.93. The van der Waals surface area contributed by atoms with Crippen LogP contribution in [-0.2, 0) is 11.3 Å². The van der Waals surface area contributed by atoms with Crippen molar-refractivity contribution in [1.82, 2.24) is 4.90 Å². The molecule has 0 aliphatic carbocycles. The minimum Gasteiger partial charge on any atom is -0.497 e. The number of nitrogens with one attached hydrogen (secondary N) is 1. The Hall–Kier alpha value is -3.65. The van der Waals surface area contributed by atoms with Crippen LogP contribution in [-0.4, -0.2) is 43.5 Å². The number of likely N-dealkylation sites (N-methyl/N-ethyl adjacent to an activating group) is 1. The van der Waals surface area contributed by atoms with Gasteiger partial charge in [-0.15, -0.1) is 0 Å². The molecule has 1 N–H and O–H groups in total. The molecule has 0 bridgehead atoms. The van der Waals surface area contributed by atoms with Crippen LogP contribution in [0, 0.1) is 17.0 Å². The van der Waals surface area contributed by atoms with Gasteiger partial charge in [-0.1, -0.05) is 18.2 Å². The molecule has 0 aliphatic rings. The van der Waals surface area contributed by atoms with Gasteiger partial charge in [-0.3, -0.25) is 19.8 Å². The fourth-order valence-corrected chi connectivity index (χ4v) is 3.41. The summed E-state index contributed by atoms with van der Waals surface area (Å²) in [5, 5.41) is 16.1. The zero-order valence-corrected chi connectivity index (χ0v) is 18.0. The number of nitro benzene ring substituents is 1. The van der Waals surface area contributed by atoms with Crippen LogP contribution < -0.4 is 14.8 Å². The molecular formula is C23H25N3O5. The smallest absolute Gasteiger partial charge is 0.311 e. The van der Waals surface area contributed by atoms with Crippen LogP contribution in [0.25, 0.3) is 10.8 Å². The number of carbonyl (C=O) groups is 1. The van der Waals surface area contributed by atoms with Crippen LogP contribution >= 0.6 is 0 Å². The van der Waals surface area contributed by atoms with Crippen LogP contribution in [0.4, 0.5) is 11.4 Å². The number of carbonyl (C=O) groups excluding carboxylic acids is 1. The molecule has 162 valence electrons. The second-order valence-electron chi connectivity index (χ2n) is 7.36. The number of rotatable bonds is 8. The average Bonchev–Trinajstić information content (AvgIpc) is 2.74. The molecule has 8 heteroatoms. The van der Waals surface area contributed by atoms with E-state index in [0.717, 1.165) is 22.1 Å². The summed E-state index contributed by atoms with van der Waals surface area (Å²) in [6.45, 7) is 2.47. The van der Waals surface area contributed by atoms with E-state index in [0.29, 0.717) is 17.8 Å². The fraction of sp³-hybridized carbons (Fsp3) is 0.261.